The number of hydrogen-bond acceptors (Lipinski definition) is 5. The number of aliphatic carboxylic acids is 1. The van der Waals surface area contributed by atoms with Crippen molar-refractivity contribution in [3.63, 3.8) is 0 Å². The van der Waals surface area contributed by atoms with E-state index in [0.717, 1.165) is 49.4 Å². The van der Waals surface area contributed by atoms with Crippen LogP contribution in [0.25, 0.3) is 0 Å². The maximum atomic E-state index is 13.1. The lowest BCUT2D eigenvalue weighted by Crippen LogP contribution is -2.38. The molecule has 2 aromatic carbocycles. The molecule has 3 N–H and O–H groups in total. The number of dihydropyridines is 1. The van der Waals surface area contributed by atoms with Gasteiger partial charge in [-0.05, 0) is 80.9 Å². The van der Waals surface area contributed by atoms with Gasteiger partial charge in [0, 0.05) is 24.4 Å². The van der Waals surface area contributed by atoms with Crippen molar-refractivity contribution in [2.45, 2.75) is 39.5 Å². The van der Waals surface area contributed by atoms with E-state index < -0.39 is 5.97 Å². The van der Waals surface area contributed by atoms with Gasteiger partial charge in [-0.3, -0.25) is 4.79 Å². The number of rotatable bonds is 10. The molecule has 0 saturated carbocycles. The van der Waals surface area contributed by atoms with Gasteiger partial charge in [0.05, 0.1) is 24.5 Å². The zero-order chi connectivity index (χ0) is 28.3. The third kappa shape index (κ3) is 8.12. The Morgan fingerprint density at radius 2 is 1.85 bits per heavy atom. The molecule has 0 unspecified atom stereocenters. The Labute approximate surface area is 236 Å². The molecule has 1 saturated heterocycles. The van der Waals surface area contributed by atoms with E-state index in [9.17, 15) is 14.7 Å². The van der Waals surface area contributed by atoms with Gasteiger partial charge in [-0.15, -0.1) is 0 Å². The third-order valence-corrected chi connectivity index (χ3v) is 7.33. The van der Waals surface area contributed by atoms with Gasteiger partial charge in [-0.1, -0.05) is 54.6 Å². The number of likely N-dealkylation sites (tertiary alicyclic amines) is 1. The van der Waals surface area contributed by atoms with Gasteiger partial charge in [-0.2, -0.15) is 0 Å². The lowest BCUT2D eigenvalue weighted by atomic mass is 9.99. The molecular formula is C33H39N3O4. The molecule has 0 spiro atoms. The Morgan fingerprint density at radius 1 is 1.07 bits per heavy atom. The van der Waals surface area contributed by atoms with Gasteiger partial charge >= 0.3 is 5.97 Å². The Balaban J connectivity index is 1.30. The van der Waals surface area contributed by atoms with Crippen LogP contribution in [0.3, 0.4) is 0 Å². The number of allylic oxidation sites excluding steroid dienone is 4. The molecule has 1 amide bonds. The summed E-state index contributed by atoms with van der Waals surface area (Å²) in [4.78, 5) is 26.7. The van der Waals surface area contributed by atoms with Crippen molar-refractivity contribution in [3.8, 4) is 0 Å². The highest BCUT2D eigenvalue weighted by molar-refractivity contribution is 5.97. The largest absolute Gasteiger partial charge is 0.498 e. The zero-order valence-electron chi connectivity index (χ0n) is 23.4. The van der Waals surface area contributed by atoms with E-state index in [-0.39, 0.29) is 11.5 Å². The second-order valence-corrected chi connectivity index (χ2v) is 10.3. The van der Waals surface area contributed by atoms with Crippen molar-refractivity contribution in [2.75, 3.05) is 26.2 Å². The second kappa shape index (κ2) is 14.2. The molecule has 40 heavy (non-hydrogen) atoms. The first-order chi connectivity index (χ1) is 19.4. The number of benzene rings is 2. The van der Waals surface area contributed by atoms with Gasteiger partial charge in [0.25, 0.3) is 5.91 Å². The minimum absolute atomic E-state index is 0.0942. The average Bonchev–Trinajstić information content (AvgIpc) is 3.21. The number of carboxylic acids is 1. The van der Waals surface area contributed by atoms with Crippen molar-refractivity contribution in [1.82, 2.24) is 15.5 Å². The number of carbonyl (C=O) groups is 2. The molecule has 0 aromatic heterocycles. The van der Waals surface area contributed by atoms with Gasteiger partial charge in [0.2, 0.25) is 0 Å². The van der Waals surface area contributed by atoms with E-state index in [1.807, 2.05) is 54.6 Å². The molecule has 2 aliphatic rings. The number of carbonyl (C=O) groups excluding carboxylic acids is 1. The maximum absolute atomic E-state index is 13.1. The summed E-state index contributed by atoms with van der Waals surface area (Å²) in [5.41, 5.74) is 3.95. The summed E-state index contributed by atoms with van der Waals surface area (Å²) in [5.74, 6) is 1.06. The lowest BCUT2D eigenvalue weighted by Gasteiger charge is -2.29. The highest BCUT2D eigenvalue weighted by atomic mass is 16.5. The molecule has 0 radical (unpaired) electrons. The summed E-state index contributed by atoms with van der Waals surface area (Å²) in [6.45, 7) is 6.52. The Hall–Kier alpha value is -4.26. The van der Waals surface area contributed by atoms with Crippen LogP contribution < -0.4 is 10.6 Å². The van der Waals surface area contributed by atoms with Crippen LogP contribution in [-0.2, 0) is 16.0 Å². The minimum atomic E-state index is -0.950. The van der Waals surface area contributed by atoms with E-state index in [1.54, 1.807) is 26.0 Å². The van der Waals surface area contributed by atoms with E-state index in [1.165, 1.54) is 5.56 Å². The second-order valence-electron chi connectivity index (χ2n) is 10.3. The summed E-state index contributed by atoms with van der Waals surface area (Å²) < 4.78 is 5.89. The molecule has 1 atom stereocenters. The fraction of sp³-hybridized carbons (Fsp3) is 0.333. The standard InChI is InChI=1S/C33H39N3O4/c1-3-27(33(38)39)20-24(2)40-23-26-12-9-18-36(19-17-26)31-16-15-29(22-34-31)35-32(37)30-14-8-7-13-28(30)21-25-10-5-4-6-11-25/h3-8,10-11,13-16,20,26,34H,9,12,17-19,21-23H2,1-2H3,(H,35,37)(H,38,39)/b24-20+,27-3+/t26-/m1/s1. The smallest absolute Gasteiger partial charge is 0.335 e. The summed E-state index contributed by atoms with van der Waals surface area (Å²) in [6, 6.07) is 17.9. The first-order valence-corrected chi connectivity index (χ1v) is 14.0. The van der Waals surface area contributed by atoms with Crippen LogP contribution in [0.1, 0.15) is 54.6 Å². The van der Waals surface area contributed by atoms with Crippen molar-refractivity contribution in [1.29, 1.82) is 0 Å². The fourth-order valence-corrected chi connectivity index (χ4v) is 5.06. The lowest BCUT2D eigenvalue weighted by molar-refractivity contribution is -0.132. The van der Waals surface area contributed by atoms with Crippen LogP contribution in [0.2, 0.25) is 0 Å². The molecule has 2 aliphatic heterocycles. The van der Waals surface area contributed by atoms with Crippen molar-refractivity contribution in [3.05, 3.63) is 118 Å². The monoisotopic (exact) mass is 541 g/mol. The van der Waals surface area contributed by atoms with Crippen LogP contribution in [-0.4, -0.2) is 48.1 Å². The maximum Gasteiger partial charge on any atom is 0.335 e. The highest BCUT2D eigenvalue weighted by Gasteiger charge is 2.21. The predicted molar refractivity (Wildman–Crippen MR) is 157 cm³/mol. The molecule has 0 bridgehead atoms. The van der Waals surface area contributed by atoms with Gasteiger partial charge in [0.15, 0.2) is 0 Å². The topological polar surface area (TPSA) is 90.9 Å². The Morgan fingerprint density at radius 3 is 2.58 bits per heavy atom. The van der Waals surface area contributed by atoms with E-state index in [4.69, 9.17) is 4.74 Å². The number of nitrogens with zero attached hydrogens (tertiary/aromatic N) is 1. The minimum Gasteiger partial charge on any atom is -0.498 e. The number of ether oxygens (including phenoxy) is 1. The average molecular weight is 542 g/mol. The zero-order valence-corrected chi connectivity index (χ0v) is 23.4. The number of nitrogens with one attached hydrogen (secondary N) is 2. The summed E-state index contributed by atoms with van der Waals surface area (Å²) >= 11 is 0. The molecule has 1 fully saturated rings. The fourth-order valence-electron chi connectivity index (χ4n) is 5.06. The molecule has 7 heteroatoms. The first kappa shape index (κ1) is 28.7. The summed E-state index contributed by atoms with van der Waals surface area (Å²) in [6.07, 6.45) is 11.0. The molecule has 210 valence electrons. The molecule has 4 rings (SSSR count). The van der Waals surface area contributed by atoms with Crippen molar-refractivity contribution >= 4 is 11.9 Å². The molecule has 2 heterocycles. The van der Waals surface area contributed by atoms with E-state index in [2.05, 4.69) is 27.7 Å². The molecule has 0 aliphatic carbocycles. The Bertz CT molecular complexity index is 1310. The normalized spacial score (nSPS) is 18.1. The molecular weight excluding hydrogens is 502 g/mol. The molecule has 7 nitrogen and oxygen atoms in total. The van der Waals surface area contributed by atoms with Gasteiger partial charge < -0.3 is 25.4 Å². The number of carboxylic acid groups (broad SMARTS) is 1. The Kier molecular flexibility index (Phi) is 10.2. The summed E-state index contributed by atoms with van der Waals surface area (Å²) in [7, 11) is 0. The number of hydrogen-bond donors (Lipinski definition) is 3. The third-order valence-electron chi connectivity index (χ3n) is 7.33. The van der Waals surface area contributed by atoms with Crippen molar-refractivity contribution in [2.24, 2.45) is 5.92 Å². The molecule has 2 aromatic rings. The SMILES string of the molecule is C/C=C(\C=C(/C)OC[C@@H]1CCCN(C2=CC=C(NC(=O)c3ccccc3Cc3ccccc3)CN2)CC1)C(=O)O. The summed E-state index contributed by atoms with van der Waals surface area (Å²) in [5, 5.41) is 15.8. The van der Waals surface area contributed by atoms with E-state index >= 15 is 0 Å². The van der Waals surface area contributed by atoms with Crippen LogP contribution in [0, 0.1) is 5.92 Å². The van der Waals surface area contributed by atoms with Gasteiger partial charge in [0.1, 0.15) is 5.82 Å². The van der Waals surface area contributed by atoms with Crippen molar-refractivity contribution < 1.29 is 19.4 Å². The van der Waals surface area contributed by atoms with Crippen LogP contribution in [0.15, 0.2) is 102 Å². The quantitative estimate of drug-likeness (QED) is 0.212. The van der Waals surface area contributed by atoms with Crippen LogP contribution in [0.4, 0.5) is 0 Å². The first-order valence-electron chi connectivity index (χ1n) is 14.0. The number of amides is 1. The van der Waals surface area contributed by atoms with Crippen LogP contribution in [0.5, 0.6) is 0 Å². The van der Waals surface area contributed by atoms with Crippen LogP contribution >= 0.6 is 0 Å². The van der Waals surface area contributed by atoms with Gasteiger partial charge in [-0.25, -0.2) is 4.79 Å². The van der Waals surface area contributed by atoms with E-state index in [0.29, 0.717) is 36.8 Å². The predicted octanol–water partition coefficient (Wildman–Crippen LogP) is 5.39. The highest BCUT2D eigenvalue weighted by Crippen LogP contribution is 2.22.